The molecule has 0 bridgehead atoms. The number of aromatic nitrogens is 2. The fourth-order valence-corrected chi connectivity index (χ4v) is 2.54. The second-order valence-corrected chi connectivity index (χ2v) is 5.69. The molecule has 0 radical (unpaired) electrons. The Hall–Kier alpha value is -3.35. The molecular formula is C18H15N3O4. The normalized spacial score (nSPS) is 12.2. The third-order valence-electron chi connectivity index (χ3n) is 3.74. The third-order valence-corrected chi connectivity index (χ3v) is 3.74. The summed E-state index contributed by atoms with van der Waals surface area (Å²) in [6.07, 6.45) is 1.75. The number of hydrogen-bond acceptors (Lipinski definition) is 6. The van der Waals surface area contributed by atoms with Gasteiger partial charge in [-0.05, 0) is 42.8 Å². The van der Waals surface area contributed by atoms with Crippen molar-refractivity contribution in [3.63, 3.8) is 0 Å². The summed E-state index contributed by atoms with van der Waals surface area (Å²) in [5.74, 6) is 2.25. The van der Waals surface area contributed by atoms with E-state index in [1.165, 1.54) is 0 Å². The minimum Gasteiger partial charge on any atom is -0.454 e. The standard InChI is InChI=1S/C18H15N3O4/c1-11-4-5-19-17(6-11)20-18(22)9-13-8-15(25-21-13)12-2-3-14-16(7-12)24-10-23-14/h2-8H,9-10H2,1H3,(H,19,20,22). The summed E-state index contributed by atoms with van der Waals surface area (Å²) in [5, 5.41) is 6.70. The van der Waals surface area contributed by atoms with E-state index in [1.54, 1.807) is 18.3 Å². The van der Waals surface area contributed by atoms with Crippen molar-refractivity contribution in [1.29, 1.82) is 0 Å². The maximum atomic E-state index is 12.1. The number of nitrogens with one attached hydrogen (secondary N) is 1. The Morgan fingerprint density at radius 1 is 1.16 bits per heavy atom. The molecule has 3 aromatic rings. The highest BCUT2D eigenvalue weighted by Crippen LogP contribution is 2.36. The Labute approximate surface area is 143 Å². The van der Waals surface area contributed by atoms with Gasteiger partial charge < -0.3 is 19.3 Å². The second kappa shape index (κ2) is 6.27. The Kier molecular flexibility index (Phi) is 3.81. The van der Waals surface area contributed by atoms with Gasteiger partial charge in [-0.15, -0.1) is 0 Å². The Morgan fingerprint density at radius 2 is 2.04 bits per heavy atom. The molecule has 1 N–H and O–H groups in total. The number of ether oxygens (including phenoxy) is 2. The molecule has 1 amide bonds. The van der Waals surface area contributed by atoms with Gasteiger partial charge in [-0.1, -0.05) is 5.16 Å². The molecule has 0 unspecified atom stereocenters. The molecule has 0 atom stereocenters. The van der Waals surface area contributed by atoms with Crippen LogP contribution in [0, 0.1) is 6.92 Å². The van der Waals surface area contributed by atoms with Crippen LogP contribution in [0.5, 0.6) is 11.5 Å². The van der Waals surface area contributed by atoms with E-state index in [0.29, 0.717) is 28.8 Å². The van der Waals surface area contributed by atoms with E-state index in [9.17, 15) is 4.79 Å². The van der Waals surface area contributed by atoms with Crippen LogP contribution < -0.4 is 14.8 Å². The number of rotatable bonds is 4. The molecule has 0 saturated heterocycles. The van der Waals surface area contributed by atoms with E-state index >= 15 is 0 Å². The molecule has 3 heterocycles. The Balaban J connectivity index is 1.45. The number of anilines is 1. The van der Waals surface area contributed by atoms with Crippen molar-refractivity contribution < 1.29 is 18.8 Å². The summed E-state index contributed by atoms with van der Waals surface area (Å²) in [7, 11) is 0. The predicted octanol–water partition coefficient (Wildman–Crippen LogP) is 2.95. The van der Waals surface area contributed by atoms with Crippen molar-refractivity contribution in [2.45, 2.75) is 13.3 Å². The summed E-state index contributed by atoms with van der Waals surface area (Å²) < 4.78 is 16.0. The molecule has 0 saturated carbocycles. The van der Waals surface area contributed by atoms with E-state index < -0.39 is 0 Å². The number of amides is 1. The number of carbonyl (C=O) groups excluding carboxylic acids is 1. The fourth-order valence-electron chi connectivity index (χ4n) is 2.54. The van der Waals surface area contributed by atoms with E-state index in [1.807, 2.05) is 31.2 Å². The van der Waals surface area contributed by atoms with E-state index in [-0.39, 0.29) is 19.1 Å². The van der Waals surface area contributed by atoms with Crippen LogP contribution in [0.25, 0.3) is 11.3 Å². The van der Waals surface area contributed by atoms with E-state index in [0.717, 1.165) is 11.1 Å². The number of nitrogens with zero attached hydrogens (tertiary/aromatic N) is 2. The smallest absolute Gasteiger partial charge is 0.231 e. The first-order valence-electron chi connectivity index (χ1n) is 7.75. The maximum absolute atomic E-state index is 12.1. The largest absolute Gasteiger partial charge is 0.454 e. The van der Waals surface area contributed by atoms with Crippen LogP contribution in [0.4, 0.5) is 5.82 Å². The minimum absolute atomic E-state index is 0.101. The molecule has 25 heavy (non-hydrogen) atoms. The average molecular weight is 337 g/mol. The zero-order valence-corrected chi connectivity index (χ0v) is 13.5. The van der Waals surface area contributed by atoms with Crippen LogP contribution in [0.3, 0.4) is 0 Å². The Bertz CT molecular complexity index is 936. The lowest BCUT2D eigenvalue weighted by Gasteiger charge is -2.03. The van der Waals surface area contributed by atoms with Crippen molar-refractivity contribution in [2.75, 3.05) is 12.1 Å². The number of fused-ring (bicyclic) bond motifs is 1. The average Bonchev–Trinajstić information content (AvgIpc) is 3.23. The molecule has 126 valence electrons. The van der Waals surface area contributed by atoms with Crippen LogP contribution in [-0.4, -0.2) is 22.8 Å². The minimum atomic E-state index is -0.205. The van der Waals surface area contributed by atoms with Crippen LogP contribution in [-0.2, 0) is 11.2 Å². The lowest BCUT2D eigenvalue weighted by molar-refractivity contribution is -0.115. The first-order chi connectivity index (χ1) is 12.2. The summed E-state index contributed by atoms with van der Waals surface area (Å²) >= 11 is 0. The van der Waals surface area contributed by atoms with Gasteiger partial charge in [0.1, 0.15) is 5.82 Å². The molecule has 7 heteroatoms. The molecule has 0 spiro atoms. The number of aryl methyl sites for hydroxylation is 1. The quantitative estimate of drug-likeness (QED) is 0.788. The lowest BCUT2D eigenvalue weighted by Crippen LogP contribution is -2.15. The molecule has 4 rings (SSSR count). The first kappa shape index (κ1) is 15.2. The zero-order valence-electron chi connectivity index (χ0n) is 13.5. The second-order valence-electron chi connectivity index (χ2n) is 5.69. The molecule has 0 aliphatic carbocycles. The summed E-state index contributed by atoms with van der Waals surface area (Å²) in [6.45, 7) is 2.15. The van der Waals surface area contributed by atoms with Gasteiger partial charge in [0.15, 0.2) is 17.3 Å². The van der Waals surface area contributed by atoms with Gasteiger partial charge in [-0.25, -0.2) is 4.98 Å². The highest BCUT2D eigenvalue weighted by Gasteiger charge is 2.16. The molecule has 0 fully saturated rings. The fraction of sp³-hybridized carbons (Fsp3) is 0.167. The van der Waals surface area contributed by atoms with Crippen molar-refractivity contribution in [2.24, 2.45) is 0 Å². The van der Waals surface area contributed by atoms with Gasteiger partial charge in [0.25, 0.3) is 0 Å². The van der Waals surface area contributed by atoms with Crippen molar-refractivity contribution >= 4 is 11.7 Å². The van der Waals surface area contributed by atoms with Crippen molar-refractivity contribution in [3.05, 3.63) is 53.9 Å². The Morgan fingerprint density at radius 3 is 2.92 bits per heavy atom. The monoisotopic (exact) mass is 337 g/mol. The SMILES string of the molecule is Cc1ccnc(NC(=O)Cc2cc(-c3ccc4c(c3)OCO4)on2)c1. The third kappa shape index (κ3) is 3.30. The van der Waals surface area contributed by atoms with Gasteiger partial charge in [-0.3, -0.25) is 4.79 Å². The van der Waals surface area contributed by atoms with Gasteiger partial charge >= 0.3 is 0 Å². The van der Waals surface area contributed by atoms with E-state index in [2.05, 4.69) is 15.5 Å². The molecule has 1 aromatic carbocycles. The van der Waals surface area contributed by atoms with Crippen LogP contribution in [0.15, 0.2) is 47.1 Å². The molecule has 2 aromatic heterocycles. The topological polar surface area (TPSA) is 86.5 Å². The summed E-state index contributed by atoms with van der Waals surface area (Å²) in [6, 6.07) is 10.9. The van der Waals surface area contributed by atoms with Crippen LogP contribution >= 0.6 is 0 Å². The number of hydrogen-bond donors (Lipinski definition) is 1. The van der Waals surface area contributed by atoms with Gasteiger partial charge in [0.05, 0.1) is 12.1 Å². The lowest BCUT2D eigenvalue weighted by atomic mass is 10.1. The summed E-state index contributed by atoms with van der Waals surface area (Å²) in [4.78, 5) is 16.2. The summed E-state index contributed by atoms with van der Waals surface area (Å²) in [5.41, 5.74) is 2.37. The number of pyridine rings is 1. The van der Waals surface area contributed by atoms with E-state index in [4.69, 9.17) is 14.0 Å². The molecular weight excluding hydrogens is 322 g/mol. The highest BCUT2D eigenvalue weighted by atomic mass is 16.7. The molecule has 1 aliphatic heterocycles. The highest BCUT2D eigenvalue weighted by molar-refractivity contribution is 5.91. The first-order valence-corrected chi connectivity index (χ1v) is 7.75. The molecule has 1 aliphatic rings. The van der Waals surface area contributed by atoms with Gasteiger partial charge in [0, 0.05) is 17.8 Å². The van der Waals surface area contributed by atoms with Crippen LogP contribution in [0.1, 0.15) is 11.3 Å². The molecule has 7 nitrogen and oxygen atoms in total. The number of benzene rings is 1. The number of carbonyl (C=O) groups is 1. The predicted molar refractivity (Wildman–Crippen MR) is 89.4 cm³/mol. The van der Waals surface area contributed by atoms with Gasteiger partial charge in [-0.2, -0.15) is 0 Å². The maximum Gasteiger partial charge on any atom is 0.231 e. The van der Waals surface area contributed by atoms with Crippen molar-refractivity contribution in [3.8, 4) is 22.8 Å². The van der Waals surface area contributed by atoms with Crippen molar-refractivity contribution in [1.82, 2.24) is 10.1 Å². The van der Waals surface area contributed by atoms with Crippen LogP contribution in [0.2, 0.25) is 0 Å². The van der Waals surface area contributed by atoms with Gasteiger partial charge in [0.2, 0.25) is 12.7 Å². The zero-order chi connectivity index (χ0) is 17.2.